The minimum Gasteiger partial charge on any atom is -0.391 e. The van der Waals surface area contributed by atoms with Crippen LogP contribution in [0.15, 0.2) is 60.7 Å². The van der Waals surface area contributed by atoms with Gasteiger partial charge in [-0.25, -0.2) is 0 Å². The largest absolute Gasteiger partial charge is 0.391 e. The van der Waals surface area contributed by atoms with E-state index in [1.54, 1.807) is 72.5 Å². The van der Waals surface area contributed by atoms with Crippen molar-refractivity contribution in [3.63, 3.8) is 0 Å². The number of benzene rings is 2. The number of carbonyl (C=O) groups excluding carboxylic acids is 12. The van der Waals surface area contributed by atoms with Crippen LogP contribution >= 0.6 is 0 Å². The summed E-state index contributed by atoms with van der Waals surface area (Å²) < 4.78 is 5.71. The molecule has 0 unspecified atom stereocenters. The van der Waals surface area contributed by atoms with Crippen LogP contribution in [0.2, 0.25) is 0 Å². The van der Waals surface area contributed by atoms with Crippen LogP contribution in [0.5, 0.6) is 0 Å². The van der Waals surface area contributed by atoms with Crippen LogP contribution in [0, 0.1) is 23.7 Å². The van der Waals surface area contributed by atoms with Crippen LogP contribution in [0.25, 0.3) is 0 Å². The third kappa shape index (κ3) is 26.4. The van der Waals surface area contributed by atoms with E-state index in [0.29, 0.717) is 49.9 Å². The lowest BCUT2D eigenvalue weighted by Gasteiger charge is -2.37. The standard InChI is InChI=1S/C76H122N12O14/c1-18-20-36-88-48-66(92)83(14)63(46-55-32-26-22-27-33-55)75(100)86(17)60(43-51(7)8)69(94)78-57(41-49(3)4)73(98)85(16)59(42-50(5)6)68(93)79-58(74(99)87-37-28-23-29-38-87)47-65(91)81(12)39-34-64(90)82(13)62(45-54-30-24-21-25-31-54)70(95)77-56(35-40-102-19-2)72(97)84(15)61(44-52(9)10)71(96)80-67(53(11)89)76(88)101/h21-22,24-27,30-33,49-53,56-63,67,89H,18-20,23,28-29,34-48H2,1-17H3,(H,77,95)(H,78,94)(H,79,93)(H,80,96)/t53-,56+,57+,58+,59+,60+,61+,62+,63+,67+/m1/s1. The number of likely N-dealkylation sites (N-methyl/N-ethyl adjacent to an activating group) is 5. The Morgan fingerprint density at radius 3 is 1.44 bits per heavy atom. The highest BCUT2D eigenvalue weighted by molar-refractivity contribution is 5.99. The molecule has 0 bridgehead atoms. The van der Waals surface area contributed by atoms with Gasteiger partial charge in [-0.05, 0) is 106 Å². The molecule has 2 aromatic rings. The summed E-state index contributed by atoms with van der Waals surface area (Å²) in [6.45, 7) is 20.1. The number of rotatable bonds is 21. The first-order chi connectivity index (χ1) is 48.1. The summed E-state index contributed by atoms with van der Waals surface area (Å²) >= 11 is 0. The van der Waals surface area contributed by atoms with Crippen molar-refractivity contribution in [3.05, 3.63) is 71.8 Å². The van der Waals surface area contributed by atoms with Crippen molar-refractivity contribution in [2.45, 2.75) is 227 Å². The number of nitrogens with zero attached hydrogens (tertiary/aromatic N) is 8. The van der Waals surface area contributed by atoms with E-state index >= 15 is 33.6 Å². The molecule has 2 aromatic carbocycles. The third-order valence-corrected chi connectivity index (χ3v) is 19.2. The molecular weight excluding hydrogens is 1300 g/mol. The van der Waals surface area contributed by atoms with E-state index in [-0.39, 0.29) is 101 Å². The first kappa shape index (κ1) is 86.4. The van der Waals surface area contributed by atoms with Gasteiger partial charge in [0.2, 0.25) is 70.9 Å². The number of carbonyl (C=O) groups is 12. The van der Waals surface area contributed by atoms with Crippen LogP contribution in [-0.4, -0.2) is 264 Å². The molecule has 26 nitrogen and oxygen atoms in total. The molecule has 5 N–H and O–H groups in total. The number of piperidine rings is 1. The number of aliphatic hydroxyl groups excluding tert-OH is 1. The van der Waals surface area contributed by atoms with E-state index in [2.05, 4.69) is 21.3 Å². The van der Waals surface area contributed by atoms with E-state index in [0.717, 1.165) is 6.42 Å². The lowest BCUT2D eigenvalue weighted by atomic mass is 9.96. The number of unbranched alkanes of at least 4 members (excludes halogenated alkanes) is 1. The average molecular weight is 1430 g/mol. The lowest BCUT2D eigenvalue weighted by molar-refractivity contribution is -0.151. The molecule has 0 aromatic heterocycles. The third-order valence-electron chi connectivity index (χ3n) is 19.2. The fourth-order valence-electron chi connectivity index (χ4n) is 12.9. The highest BCUT2D eigenvalue weighted by atomic mass is 16.5. The maximum atomic E-state index is 15.5. The predicted molar refractivity (Wildman–Crippen MR) is 390 cm³/mol. The summed E-state index contributed by atoms with van der Waals surface area (Å²) in [5.41, 5.74) is 1.34. The number of ether oxygens (including phenoxy) is 1. The predicted octanol–water partition coefficient (Wildman–Crippen LogP) is 4.43. The van der Waals surface area contributed by atoms with Gasteiger partial charge in [0.15, 0.2) is 0 Å². The van der Waals surface area contributed by atoms with E-state index < -0.39 is 144 Å². The zero-order valence-corrected chi connectivity index (χ0v) is 64.0. The minimum absolute atomic E-state index is 0.00336. The van der Waals surface area contributed by atoms with Crippen LogP contribution in [0.3, 0.4) is 0 Å². The normalized spacial score (nSPS) is 24.2. The molecule has 12 amide bonds. The molecule has 570 valence electrons. The SMILES string of the molecule is CCCCN1CC(=O)N(C)[C@@H](Cc2ccccc2)C(=O)N(C)[C@@H](CC(C)C)C(=O)N[C@@H](CC(C)C)C(=O)N(C)[C@@H](CC(C)C)C(=O)N[C@H](C(=O)N2CCCCC2)CC(=O)N(C)CCC(=O)N(C)[C@@H](Cc2ccccc2)C(=O)N[C@@H](CCOCC)C(=O)N(C)[C@@H](CC(C)C)C(=O)N[C@@H]([C@@H](C)O)C1=O. The molecule has 0 saturated carbocycles. The second-order valence-corrected chi connectivity index (χ2v) is 29.5. The van der Waals surface area contributed by atoms with Crippen molar-refractivity contribution >= 4 is 70.9 Å². The van der Waals surface area contributed by atoms with Crippen LogP contribution < -0.4 is 21.3 Å². The van der Waals surface area contributed by atoms with E-state index in [4.69, 9.17) is 4.74 Å². The van der Waals surface area contributed by atoms with Gasteiger partial charge in [0, 0.05) is 101 Å². The molecule has 102 heavy (non-hydrogen) atoms. The Morgan fingerprint density at radius 1 is 0.500 bits per heavy atom. The number of likely N-dealkylation sites (tertiary alicyclic amines) is 1. The number of hydrogen-bond acceptors (Lipinski definition) is 14. The van der Waals surface area contributed by atoms with Gasteiger partial charge in [0.1, 0.15) is 54.4 Å². The fourth-order valence-corrected chi connectivity index (χ4v) is 12.9. The second-order valence-electron chi connectivity index (χ2n) is 29.5. The quantitative estimate of drug-likeness (QED) is 0.108. The second kappa shape index (κ2) is 42.6. The topological polar surface area (TPSA) is 308 Å². The fraction of sp³-hybridized carbons (Fsp3) is 0.684. The zero-order valence-electron chi connectivity index (χ0n) is 64.0. The lowest BCUT2D eigenvalue weighted by Crippen LogP contribution is -2.61. The summed E-state index contributed by atoms with van der Waals surface area (Å²) in [6.07, 6.45) is 1.16. The van der Waals surface area contributed by atoms with Crippen LogP contribution in [0.1, 0.15) is 164 Å². The first-order valence-electron chi connectivity index (χ1n) is 36.8. The molecule has 2 heterocycles. The van der Waals surface area contributed by atoms with E-state index in [1.165, 1.54) is 83.5 Å². The Kier molecular flexibility index (Phi) is 36.1. The van der Waals surface area contributed by atoms with Gasteiger partial charge >= 0.3 is 0 Å². The monoisotopic (exact) mass is 1430 g/mol. The van der Waals surface area contributed by atoms with Gasteiger partial charge in [-0.3, -0.25) is 57.5 Å². The van der Waals surface area contributed by atoms with Crippen molar-refractivity contribution in [3.8, 4) is 0 Å². The summed E-state index contributed by atoms with van der Waals surface area (Å²) in [5, 5.41) is 22.9. The Balaban J connectivity index is 1.96. The molecule has 10 atom stereocenters. The maximum Gasteiger partial charge on any atom is 0.248 e. The smallest absolute Gasteiger partial charge is 0.248 e. The molecule has 26 heteroatoms. The molecular formula is C76H122N12O14. The summed E-state index contributed by atoms with van der Waals surface area (Å²) in [6, 6.07) is 5.99. The Morgan fingerprint density at radius 2 is 0.951 bits per heavy atom. The van der Waals surface area contributed by atoms with Crippen molar-refractivity contribution in [1.82, 2.24) is 60.5 Å². The van der Waals surface area contributed by atoms with Gasteiger partial charge < -0.3 is 70.3 Å². The Bertz CT molecular complexity index is 3070. The van der Waals surface area contributed by atoms with Crippen molar-refractivity contribution in [2.75, 3.05) is 88.2 Å². The molecule has 0 spiro atoms. The van der Waals surface area contributed by atoms with Crippen LogP contribution in [0.4, 0.5) is 0 Å². The first-order valence-corrected chi connectivity index (χ1v) is 36.8. The Labute approximate surface area is 606 Å². The van der Waals surface area contributed by atoms with Gasteiger partial charge in [0.05, 0.1) is 19.1 Å². The summed E-state index contributed by atoms with van der Waals surface area (Å²) in [7, 11) is 8.65. The van der Waals surface area contributed by atoms with Gasteiger partial charge in [-0.2, -0.15) is 0 Å². The number of nitrogens with one attached hydrogen (secondary N) is 4. The molecule has 2 aliphatic rings. The van der Waals surface area contributed by atoms with E-state index in [1.807, 2.05) is 62.3 Å². The zero-order chi connectivity index (χ0) is 76.2. The molecule has 4 rings (SSSR count). The molecule has 0 aliphatic carbocycles. The summed E-state index contributed by atoms with van der Waals surface area (Å²) in [4.78, 5) is 190. The molecule has 2 saturated heterocycles. The highest BCUT2D eigenvalue weighted by Gasteiger charge is 2.43. The molecule has 2 aliphatic heterocycles. The number of amides is 12. The average Bonchev–Trinajstić information content (AvgIpc) is 0.824. The van der Waals surface area contributed by atoms with Crippen molar-refractivity contribution < 1.29 is 67.4 Å². The minimum atomic E-state index is -1.66. The summed E-state index contributed by atoms with van der Waals surface area (Å²) in [5.74, 6) is -8.85. The highest BCUT2D eigenvalue weighted by Crippen LogP contribution is 2.23. The van der Waals surface area contributed by atoms with Gasteiger partial charge in [-0.1, -0.05) is 129 Å². The maximum absolute atomic E-state index is 15.5. The Hall–Kier alpha value is -8.00. The molecule has 2 fully saturated rings. The van der Waals surface area contributed by atoms with Crippen molar-refractivity contribution in [2.24, 2.45) is 23.7 Å². The van der Waals surface area contributed by atoms with Gasteiger partial charge in [-0.15, -0.1) is 0 Å². The van der Waals surface area contributed by atoms with Crippen LogP contribution in [-0.2, 0) is 75.1 Å². The number of hydrogen-bond donors (Lipinski definition) is 5. The molecule has 0 radical (unpaired) electrons. The number of aliphatic hydroxyl groups is 1. The van der Waals surface area contributed by atoms with Crippen molar-refractivity contribution in [1.29, 1.82) is 0 Å². The van der Waals surface area contributed by atoms with Gasteiger partial charge in [0.25, 0.3) is 0 Å². The van der Waals surface area contributed by atoms with E-state index in [9.17, 15) is 29.1 Å².